The fraction of sp³-hybridized carbons (Fsp3) is 0. The van der Waals surface area contributed by atoms with Crippen molar-refractivity contribution in [2.75, 3.05) is 5.73 Å². The molecule has 0 saturated heterocycles. The van der Waals surface area contributed by atoms with E-state index in [1.807, 2.05) is 30.3 Å². The molecule has 4 aromatic rings. The number of nitrogen functional groups attached to an aromatic ring is 1. The molecule has 1 heteroatoms. The first kappa shape index (κ1) is 15.2. The largest absolute Gasteiger partial charge is 0.399 e. The minimum atomic E-state index is 0.781. The molecule has 0 atom stereocenters. The van der Waals surface area contributed by atoms with Gasteiger partial charge < -0.3 is 5.73 Å². The quantitative estimate of drug-likeness (QED) is 0.442. The van der Waals surface area contributed by atoms with Gasteiger partial charge in [0.25, 0.3) is 0 Å². The van der Waals surface area contributed by atoms with E-state index in [2.05, 4.69) is 72.8 Å². The van der Waals surface area contributed by atoms with Crippen LogP contribution in [0.4, 0.5) is 5.69 Å². The van der Waals surface area contributed by atoms with Gasteiger partial charge in [0.1, 0.15) is 0 Å². The van der Waals surface area contributed by atoms with Crippen LogP contribution in [0.15, 0.2) is 103 Å². The first-order chi connectivity index (χ1) is 12.3. The van der Waals surface area contributed by atoms with E-state index in [4.69, 9.17) is 5.73 Å². The molecular formula is C24H19N. The molecule has 120 valence electrons. The molecule has 0 spiro atoms. The monoisotopic (exact) mass is 321 g/mol. The molecule has 0 aliphatic rings. The van der Waals surface area contributed by atoms with Crippen LogP contribution in [0.5, 0.6) is 0 Å². The second-order valence-corrected chi connectivity index (χ2v) is 6.16. The predicted octanol–water partition coefficient (Wildman–Crippen LogP) is 6.27. The zero-order valence-corrected chi connectivity index (χ0v) is 13.9. The van der Waals surface area contributed by atoms with E-state index in [0.29, 0.717) is 0 Å². The van der Waals surface area contributed by atoms with Crippen molar-refractivity contribution in [1.82, 2.24) is 0 Å². The molecule has 0 fully saturated rings. The number of hydrogen-bond donors (Lipinski definition) is 1. The maximum absolute atomic E-state index is 5.99. The Morgan fingerprint density at radius 3 is 1.28 bits per heavy atom. The van der Waals surface area contributed by atoms with Gasteiger partial charge in [-0.3, -0.25) is 0 Å². The van der Waals surface area contributed by atoms with Gasteiger partial charge in [0, 0.05) is 5.69 Å². The smallest absolute Gasteiger partial charge is 0.0320 e. The molecular weight excluding hydrogens is 302 g/mol. The molecule has 0 radical (unpaired) electrons. The highest BCUT2D eigenvalue weighted by Crippen LogP contribution is 2.33. The molecule has 0 aromatic heterocycles. The predicted molar refractivity (Wildman–Crippen MR) is 107 cm³/mol. The van der Waals surface area contributed by atoms with Gasteiger partial charge in [-0.25, -0.2) is 0 Å². The molecule has 0 aliphatic heterocycles. The SMILES string of the molecule is Nc1cccc(-c2cc(-c3ccccc3)cc(-c3ccccc3)c2)c1. The van der Waals surface area contributed by atoms with Crippen molar-refractivity contribution in [2.24, 2.45) is 0 Å². The van der Waals surface area contributed by atoms with Crippen LogP contribution < -0.4 is 5.73 Å². The van der Waals surface area contributed by atoms with E-state index < -0.39 is 0 Å². The summed E-state index contributed by atoms with van der Waals surface area (Å²) in [6.07, 6.45) is 0. The Kier molecular flexibility index (Phi) is 4.05. The van der Waals surface area contributed by atoms with Gasteiger partial charge in [-0.2, -0.15) is 0 Å². The maximum atomic E-state index is 5.99. The summed E-state index contributed by atoms with van der Waals surface area (Å²) in [6.45, 7) is 0. The van der Waals surface area contributed by atoms with Crippen LogP contribution in [-0.2, 0) is 0 Å². The first-order valence-corrected chi connectivity index (χ1v) is 8.41. The number of anilines is 1. The lowest BCUT2D eigenvalue weighted by atomic mass is 9.93. The molecule has 0 aliphatic carbocycles. The van der Waals surface area contributed by atoms with Gasteiger partial charge in [-0.1, -0.05) is 72.8 Å². The average Bonchev–Trinajstić information content (AvgIpc) is 2.69. The minimum absolute atomic E-state index is 0.781. The molecule has 0 heterocycles. The van der Waals surface area contributed by atoms with Crippen LogP contribution in [0, 0.1) is 0 Å². The normalized spacial score (nSPS) is 10.6. The fourth-order valence-electron chi connectivity index (χ4n) is 3.11. The third kappa shape index (κ3) is 3.31. The molecule has 4 rings (SSSR count). The second kappa shape index (κ2) is 6.66. The molecule has 4 aromatic carbocycles. The van der Waals surface area contributed by atoms with Crippen LogP contribution in [-0.4, -0.2) is 0 Å². The molecule has 2 N–H and O–H groups in total. The summed E-state index contributed by atoms with van der Waals surface area (Å²) in [5.41, 5.74) is 13.9. The van der Waals surface area contributed by atoms with Crippen molar-refractivity contribution >= 4 is 5.69 Å². The molecule has 0 bridgehead atoms. The Morgan fingerprint density at radius 2 is 0.800 bits per heavy atom. The number of rotatable bonds is 3. The van der Waals surface area contributed by atoms with Crippen molar-refractivity contribution in [3.05, 3.63) is 103 Å². The van der Waals surface area contributed by atoms with Crippen LogP contribution in [0.25, 0.3) is 33.4 Å². The second-order valence-electron chi connectivity index (χ2n) is 6.16. The van der Waals surface area contributed by atoms with E-state index in [1.165, 1.54) is 27.8 Å². The van der Waals surface area contributed by atoms with Crippen molar-refractivity contribution in [2.45, 2.75) is 0 Å². The summed E-state index contributed by atoms with van der Waals surface area (Å²) in [7, 11) is 0. The fourth-order valence-corrected chi connectivity index (χ4v) is 3.11. The van der Waals surface area contributed by atoms with E-state index >= 15 is 0 Å². The Bertz CT molecular complexity index is 931. The van der Waals surface area contributed by atoms with Gasteiger partial charge in [-0.05, 0) is 63.7 Å². The summed E-state index contributed by atoms with van der Waals surface area (Å²) in [5, 5.41) is 0. The lowest BCUT2D eigenvalue weighted by Gasteiger charge is -2.11. The Morgan fingerprint density at radius 1 is 0.360 bits per heavy atom. The summed E-state index contributed by atoms with van der Waals surface area (Å²) in [5.74, 6) is 0. The van der Waals surface area contributed by atoms with Gasteiger partial charge >= 0.3 is 0 Å². The number of benzene rings is 4. The zero-order chi connectivity index (χ0) is 17.1. The van der Waals surface area contributed by atoms with Crippen LogP contribution in [0.2, 0.25) is 0 Å². The highest BCUT2D eigenvalue weighted by atomic mass is 14.5. The van der Waals surface area contributed by atoms with Crippen molar-refractivity contribution in [3.63, 3.8) is 0 Å². The first-order valence-electron chi connectivity index (χ1n) is 8.41. The molecule has 0 saturated carbocycles. The summed E-state index contributed by atoms with van der Waals surface area (Å²) in [4.78, 5) is 0. The lowest BCUT2D eigenvalue weighted by Crippen LogP contribution is -1.88. The third-order valence-corrected chi connectivity index (χ3v) is 4.37. The topological polar surface area (TPSA) is 26.0 Å². The van der Waals surface area contributed by atoms with Crippen molar-refractivity contribution in [1.29, 1.82) is 0 Å². The van der Waals surface area contributed by atoms with Crippen LogP contribution >= 0.6 is 0 Å². The maximum Gasteiger partial charge on any atom is 0.0320 e. The summed E-state index contributed by atoms with van der Waals surface area (Å²) in [6, 6.07) is 35.7. The van der Waals surface area contributed by atoms with E-state index in [9.17, 15) is 0 Å². The molecule has 0 unspecified atom stereocenters. The lowest BCUT2D eigenvalue weighted by molar-refractivity contribution is 1.56. The highest BCUT2D eigenvalue weighted by molar-refractivity contribution is 5.81. The highest BCUT2D eigenvalue weighted by Gasteiger charge is 2.07. The van der Waals surface area contributed by atoms with E-state index in [0.717, 1.165) is 11.3 Å². The van der Waals surface area contributed by atoms with Crippen molar-refractivity contribution < 1.29 is 0 Å². The van der Waals surface area contributed by atoms with Gasteiger partial charge in [-0.15, -0.1) is 0 Å². The van der Waals surface area contributed by atoms with Crippen molar-refractivity contribution in [3.8, 4) is 33.4 Å². The summed E-state index contributed by atoms with van der Waals surface area (Å²) >= 11 is 0. The third-order valence-electron chi connectivity index (χ3n) is 4.37. The molecule has 25 heavy (non-hydrogen) atoms. The Hall–Kier alpha value is -3.32. The van der Waals surface area contributed by atoms with E-state index in [1.54, 1.807) is 0 Å². The summed E-state index contributed by atoms with van der Waals surface area (Å²) < 4.78 is 0. The van der Waals surface area contributed by atoms with Gasteiger partial charge in [0.05, 0.1) is 0 Å². The molecule has 1 nitrogen and oxygen atoms in total. The van der Waals surface area contributed by atoms with E-state index in [-0.39, 0.29) is 0 Å². The Labute approximate surface area is 148 Å². The van der Waals surface area contributed by atoms with Gasteiger partial charge in [0.2, 0.25) is 0 Å². The minimum Gasteiger partial charge on any atom is -0.399 e. The van der Waals surface area contributed by atoms with Crippen LogP contribution in [0.3, 0.4) is 0 Å². The number of nitrogens with two attached hydrogens (primary N) is 1. The molecule has 0 amide bonds. The number of hydrogen-bond acceptors (Lipinski definition) is 1. The van der Waals surface area contributed by atoms with Crippen LogP contribution in [0.1, 0.15) is 0 Å². The van der Waals surface area contributed by atoms with Gasteiger partial charge in [0.15, 0.2) is 0 Å². The average molecular weight is 321 g/mol. The standard InChI is InChI=1S/C24H19N/c25-24-13-7-12-20(17-24)23-15-21(18-8-3-1-4-9-18)14-22(16-23)19-10-5-2-6-11-19/h1-17H,25H2. The zero-order valence-electron chi connectivity index (χ0n) is 13.9. The Balaban J connectivity index is 1.92.